The topological polar surface area (TPSA) is 83.6 Å². The van der Waals surface area contributed by atoms with Crippen molar-refractivity contribution in [3.05, 3.63) is 48.3 Å². The molecule has 0 unspecified atom stereocenters. The van der Waals surface area contributed by atoms with Gasteiger partial charge in [-0.2, -0.15) is 0 Å². The minimum Gasteiger partial charge on any atom is -0.508 e. The summed E-state index contributed by atoms with van der Waals surface area (Å²) in [6, 6.07) is 9.13. The molecule has 0 aromatic heterocycles. The summed E-state index contributed by atoms with van der Waals surface area (Å²) in [4.78, 5) is -0.493. The van der Waals surface area contributed by atoms with Crippen molar-refractivity contribution in [3.8, 4) is 5.75 Å². The molecule has 0 saturated heterocycles. The van der Waals surface area contributed by atoms with E-state index in [1.807, 2.05) is 0 Å². The fourth-order valence-electron chi connectivity index (χ4n) is 1.98. The third-order valence-electron chi connectivity index (χ3n) is 2.93. The first-order valence-corrected chi connectivity index (χ1v) is 7.67. The smallest absolute Gasteiger partial charge is 0.267 e. The highest BCUT2D eigenvalue weighted by molar-refractivity contribution is 7.92. The lowest BCUT2D eigenvalue weighted by Crippen LogP contribution is -2.31. The van der Waals surface area contributed by atoms with Crippen LogP contribution in [0.2, 0.25) is 0 Å². The molecule has 0 spiro atoms. The average molecular weight is 310 g/mol. The van der Waals surface area contributed by atoms with Crippen molar-refractivity contribution in [2.75, 3.05) is 16.6 Å². The lowest BCUT2D eigenvalue weighted by molar-refractivity contribution is 0.475. The molecule has 5 nitrogen and oxygen atoms in total. The van der Waals surface area contributed by atoms with Gasteiger partial charge in [-0.3, -0.25) is 4.31 Å². The van der Waals surface area contributed by atoms with Crippen LogP contribution >= 0.6 is 0 Å². The first kappa shape index (κ1) is 15.1. The van der Waals surface area contributed by atoms with Crippen LogP contribution in [0.1, 0.15) is 6.92 Å². The van der Waals surface area contributed by atoms with E-state index in [0.717, 1.165) is 16.4 Å². The molecule has 0 radical (unpaired) electrons. The molecule has 0 fully saturated rings. The van der Waals surface area contributed by atoms with Gasteiger partial charge in [-0.15, -0.1) is 0 Å². The fourth-order valence-corrected chi connectivity index (χ4v) is 3.54. The Morgan fingerprint density at radius 2 is 1.95 bits per heavy atom. The third kappa shape index (κ3) is 2.92. The number of benzene rings is 2. The van der Waals surface area contributed by atoms with Crippen molar-refractivity contribution in [2.24, 2.45) is 0 Å². The Bertz CT molecular complexity index is 763. The van der Waals surface area contributed by atoms with Gasteiger partial charge in [0.25, 0.3) is 10.0 Å². The van der Waals surface area contributed by atoms with Gasteiger partial charge in [-0.1, -0.05) is 6.07 Å². The van der Waals surface area contributed by atoms with Crippen molar-refractivity contribution in [2.45, 2.75) is 11.8 Å². The summed E-state index contributed by atoms with van der Waals surface area (Å²) in [6.45, 7) is 1.70. The number of nitrogens with zero attached hydrogens (tertiary/aromatic N) is 1. The summed E-state index contributed by atoms with van der Waals surface area (Å²) < 4.78 is 40.0. The van der Waals surface area contributed by atoms with E-state index in [-0.39, 0.29) is 23.7 Å². The maximum Gasteiger partial charge on any atom is 0.267 e. The van der Waals surface area contributed by atoms with E-state index >= 15 is 0 Å². The van der Waals surface area contributed by atoms with Gasteiger partial charge < -0.3 is 10.8 Å². The number of aromatic hydroxyl groups is 1. The zero-order chi connectivity index (χ0) is 15.6. The number of sulfonamides is 1. The summed E-state index contributed by atoms with van der Waals surface area (Å²) in [7, 11) is -4.11. The van der Waals surface area contributed by atoms with Crippen LogP contribution in [0.3, 0.4) is 0 Å². The van der Waals surface area contributed by atoms with E-state index in [1.54, 1.807) is 6.92 Å². The van der Waals surface area contributed by atoms with E-state index in [9.17, 15) is 17.9 Å². The predicted octanol–water partition coefficient (Wildman–Crippen LogP) is 2.33. The Labute approximate surface area is 122 Å². The molecular formula is C14H15FN2O3S. The molecule has 0 atom stereocenters. The minimum atomic E-state index is -4.11. The van der Waals surface area contributed by atoms with E-state index in [4.69, 9.17) is 5.73 Å². The Balaban J connectivity index is 2.57. The molecule has 2 aromatic rings. The van der Waals surface area contributed by atoms with Gasteiger partial charge in [0.05, 0.1) is 5.69 Å². The first-order chi connectivity index (χ1) is 9.86. The van der Waals surface area contributed by atoms with Gasteiger partial charge in [0.1, 0.15) is 16.5 Å². The molecule has 0 bridgehead atoms. The molecule has 0 aliphatic carbocycles. The Morgan fingerprint density at radius 3 is 2.57 bits per heavy atom. The number of nitrogen functional groups attached to an aromatic ring is 1. The minimum absolute atomic E-state index is 0.0748. The molecule has 0 aliphatic rings. The zero-order valence-corrected chi connectivity index (χ0v) is 12.1. The number of phenols is 1. The quantitative estimate of drug-likeness (QED) is 0.849. The number of phenolic OH excluding ortho intramolecular Hbond substituents is 1. The standard InChI is InChI=1S/C14H15FN2O3S/c1-2-17(11-4-3-5-12(18)9-11)21(19,20)14-8-10(16)6-7-13(14)15/h3-9,18H,2,16H2,1H3. The van der Waals surface area contributed by atoms with Crippen LogP contribution < -0.4 is 10.0 Å². The second-order valence-electron chi connectivity index (χ2n) is 4.38. The van der Waals surface area contributed by atoms with Gasteiger partial charge >= 0.3 is 0 Å². The van der Waals surface area contributed by atoms with Crippen LogP contribution in [-0.4, -0.2) is 20.1 Å². The molecule has 0 amide bonds. The highest BCUT2D eigenvalue weighted by atomic mass is 32.2. The van der Waals surface area contributed by atoms with Crippen LogP contribution in [0.4, 0.5) is 15.8 Å². The van der Waals surface area contributed by atoms with Gasteiger partial charge in [0, 0.05) is 18.3 Å². The predicted molar refractivity (Wildman–Crippen MR) is 79.1 cm³/mol. The monoisotopic (exact) mass is 310 g/mol. The fraction of sp³-hybridized carbons (Fsp3) is 0.143. The normalized spacial score (nSPS) is 11.3. The van der Waals surface area contributed by atoms with Gasteiger partial charge in [-0.05, 0) is 37.3 Å². The lowest BCUT2D eigenvalue weighted by Gasteiger charge is -2.23. The van der Waals surface area contributed by atoms with Gasteiger partial charge in [-0.25, -0.2) is 12.8 Å². The summed E-state index contributed by atoms with van der Waals surface area (Å²) in [5.41, 5.74) is 5.94. The first-order valence-electron chi connectivity index (χ1n) is 6.23. The summed E-state index contributed by atoms with van der Waals surface area (Å²) in [5, 5.41) is 9.48. The van der Waals surface area contributed by atoms with Crippen LogP contribution in [0, 0.1) is 5.82 Å². The molecule has 112 valence electrons. The Kier molecular flexibility index (Phi) is 4.04. The molecule has 2 aromatic carbocycles. The van der Waals surface area contributed by atoms with E-state index < -0.39 is 20.7 Å². The highest BCUT2D eigenvalue weighted by Crippen LogP contribution is 2.28. The zero-order valence-electron chi connectivity index (χ0n) is 11.3. The van der Waals surface area contributed by atoms with Crippen molar-refractivity contribution in [3.63, 3.8) is 0 Å². The van der Waals surface area contributed by atoms with Crippen LogP contribution in [0.5, 0.6) is 5.75 Å². The number of anilines is 2. The number of hydrogen-bond acceptors (Lipinski definition) is 4. The van der Waals surface area contributed by atoms with Crippen LogP contribution in [-0.2, 0) is 10.0 Å². The van der Waals surface area contributed by atoms with Crippen molar-refractivity contribution >= 4 is 21.4 Å². The van der Waals surface area contributed by atoms with Gasteiger partial charge in [0.15, 0.2) is 0 Å². The number of nitrogens with two attached hydrogens (primary N) is 1. The molecule has 21 heavy (non-hydrogen) atoms. The summed E-state index contributed by atoms with van der Waals surface area (Å²) in [6.07, 6.45) is 0. The molecule has 3 N–H and O–H groups in total. The van der Waals surface area contributed by atoms with Crippen molar-refractivity contribution in [1.82, 2.24) is 0 Å². The largest absolute Gasteiger partial charge is 0.508 e. The van der Waals surface area contributed by atoms with Crippen LogP contribution in [0.25, 0.3) is 0 Å². The van der Waals surface area contributed by atoms with Crippen molar-refractivity contribution < 1.29 is 17.9 Å². The molecule has 0 aliphatic heterocycles. The Morgan fingerprint density at radius 1 is 1.24 bits per heavy atom. The molecule has 0 saturated carbocycles. The van der Waals surface area contributed by atoms with Crippen LogP contribution in [0.15, 0.2) is 47.4 Å². The maximum atomic E-state index is 13.8. The molecule has 0 heterocycles. The SMILES string of the molecule is CCN(c1cccc(O)c1)S(=O)(=O)c1cc(N)ccc1F. The molecule has 2 rings (SSSR count). The van der Waals surface area contributed by atoms with Crippen molar-refractivity contribution in [1.29, 1.82) is 0 Å². The summed E-state index contributed by atoms with van der Waals surface area (Å²) >= 11 is 0. The Hall–Kier alpha value is -2.28. The third-order valence-corrected chi connectivity index (χ3v) is 4.85. The second kappa shape index (κ2) is 5.61. The molecular weight excluding hydrogens is 295 g/mol. The van der Waals surface area contributed by atoms with E-state index in [0.29, 0.717) is 0 Å². The summed E-state index contributed by atoms with van der Waals surface area (Å²) in [5.74, 6) is -0.947. The maximum absolute atomic E-state index is 13.8. The average Bonchev–Trinajstić information content (AvgIpc) is 2.42. The highest BCUT2D eigenvalue weighted by Gasteiger charge is 2.27. The number of halogens is 1. The van der Waals surface area contributed by atoms with E-state index in [1.165, 1.54) is 30.3 Å². The van der Waals surface area contributed by atoms with E-state index in [2.05, 4.69) is 0 Å². The van der Waals surface area contributed by atoms with Gasteiger partial charge in [0.2, 0.25) is 0 Å². The molecule has 7 heteroatoms. The second-order valence-corrected chi connectivity index (χ2v) is 6.21. The number of hydrogen-bond donors (Lipinski definition) is 2. The lowest BCUT2D eigenvalue weighted by atomic mass is 10.3. The number of rotatable bonds is 4.